The van der Waals surface area contributed by atoms with Crippen molar-refractivity contribution in [1.29, 1.82) is 0 Å². The Bertz CT molecular complexity index is 717. The number of urea groups is 1. The summed E-state index contributed by atoms with van der Waals surface area (Å²) in [4.78, 5) is 24.3. The number of hydrogen-bond acceptors (Lipinski definition) is 3. The van der Waals surface area contributed by atoms with Crippen LogP contribution in [0.1, 0.15) is 24.2 Å². The molecule has 0 bridgehead atoms. The van der Waals surface area contributed by atoms with E-state index in [1.807, 2.05) is 32.0 Å². The first kappa shape index (κ1) is 18.5. The van der Waals surface area contributed by atoms with Gasteiger partial charge in [-0.05, 0) is 36.2 Å². The quantitative estimate of drug-likeness (QED) is 0.651. The maximum absolute atomic E-state index is 12.3. The first-order valence-electron chi connectivity index (χ1n) is 8.14. The van der Waals surface area contributed by atoms with Crippen LogP contribution in [-0.4, -0.2) is 29.7 Å². The van der Waals surface area contributed by atoms with Gasteiger partial charge in [0.25, 0.3) is 5.91 Å². The van der Waals surface area contributed by atoms with Crippen molar-refractivity contribution >= 4 is 23.3 Å². The van der Waals surface area contributed by atoms with Crippen molar-refractivity contribution in [2.45, 2.75) is 19.9 Å². The highest BCUT2D eigenvalue weighted by molar-refractivity contribution is 6.01. The molecule has 0 aliphatic carbocycles. The van der Waals surface area contributed by atoms with E-state index in [4.69, 9.17) is 0 Å². The topological polar surface area (TPSA) is 90.5 Å². The van der Waals surface area contributed by atoms with Gasteiger partial charge in [0.05, 0.1) is 12.6 Å². The van der Waals surface area contributed by atoms with Gasteiger partial charge < -0.3 is 21.1 Å². The van der Waals surface area contributed by atoms with E-state index in [2.05, 4.69) is 16.0 Å². The summed E-state index contributed by atoms with van der Waals surface area (Å²) in [6, 6.07) is 15.0. The number of hydrogen-bond donors (Lipinski definition) is 4. The molecule has 0 spiro atoms. The molecule has 2 aromatic rings. The van der Waals surface area contributed by atoms with Crippen molar-refractivity contribution < 1.29 is 14.7 Å². The molecule has 0 aliphatic rings. The lowest BCUT2D eigenvalue weighted by molar-refractivity contribution is 0.0897. The third kappa shape index (κ3) is 5.61. The van der Waals surface area contributed by atoms with Crippen LogP contribution in [0, 0.1) is 5.92 Å². The summed E-state index contributed by atoms with van der Waals surface area (Å²) in [7, 11) is 0. The SMILES string of the molecule is CC(C)[C@@H](CO)NC(=O)c1cccc(NC(=O)Nc2ccccc2)c1. The van der Waals surface area contributed by atoms with Crippen LogP contribution in [0.4, 0.5) is 16.2 Å². The van der Waals surface area contributed by atoms with E-state index < -0.39 is 0 Å². The smallest absolute Gasteiger partial charge is 0.323 e. The van der Waals surface area contributed by atoms with E-state index in [1.54, 1.807) is 36.4 Å². The Morgan fingerprint density at radius 2 is 1.60 bits per heavy atom. The summed E-state index contributed by atoms with van der Waals surface area (Å²) in [6.45, 7) is 3.72. The Morgan fingerprint density at radius 1 is 0.960 bits per heavy atom. The van der Waals surface area contributed by atoms with E-state index >= 15 is 0 Å². The Labute approximate surface area is 147 Å². The summed E-state index contributed by atoms with van der Waals surface area (Å²) >= 11 is 0. The minimum Gasteiger partial charge on any atom is -0.394 e. The molecular formula is C19H23N3O3. The number of benzene rings is 2. The molecule has 132 valence electrons. The van der Waals surface area contributed by atoms with Crippen molar-refractivity contribution in [3.05, 3.63) is 60.2 Å². The maximum atomic E-state index is 12.3. The molecule has 4 N–H and O–H groups in total. The molecule has 0 saturated carbocycles. The molecule has 0 saturated heterocycles. The molecule has 0 aromatic heterocycles. The highest BCUT2D eigenvalue weighted by atomic mass is 16.3. The molecule has 0 heterocycles. The van der Waals surface area contributed by atoms with Crippen LogP contribution in [0.2, 0.25) is 0 Å². The van der Waals surface area contributed by atoms with Gasteiger partial charge in [0.15, 0.2) is 0 Å². The number of para-hydroxylation sites is 1. The van der Waals surface area contributed by atoms with Crippen molar-refractivity contribution in [3.63, 3.8) is 0 Å². The van der Waals surface area contributed by atoms with Crippen LogP contribution in [0.25, 0.3) is 0 Å². The van der Waals surface area contributed by atoms with Gasteiger partial charge >= 0.3 is 6.03 Å². The van der Waals surface area contributed by atoms with Gasteiger partial charge in [-0.1, -0.05) is 38.1 Å². The van der Waals surface area contributed by atoms with Crippen LogP contribution in [0.5, 0.6) is 0 Å². The highest BCUT2D eigenvalue weighted by Gasteiger charge is 2.16. The van der Waals surface area contributed by atoms with Gasteiger partial charge in [-0.25, -0.2) is 4.79 Å². The first-order valence-corrected chi connectivity index (χ1v) is 8.14. The summed E-state index contributed by atoms with van der Waals surface area (Å²) < 4.78 is 0. The van der Waals surface area contributed by atoms with E-state index in [0.717, 1.165) is 0 Å². The zero-order valence-corrected chi connectivity index (χ0v) is 14.3. The predicted octanol–water partition coefficient (Wildman–Crippen LogP) is 3.08. The van der Waals surface area contributed by atoms with E-state index in [0.29, 0.717) is 16.9 Å². The Hall–Kier alpha value is -2.86. The van der Waals surface area contributed by atoms with Gasteiger partial charge in [0.2, 0.25) is 0 Å². The van der Waals surface area contributed by atoms with Crippen LogP contribution >= 0.6 is 0 Å². The fourth-order valence-corrected chi connectivity index (χ4v) is 2.23. The van der Waals surface area contributed by atoms with Gasteiger partial charge in [-0.15, -0.1) is 0 Å². The van der Waals surface area contributed by atoms with Crippen LogP contribution < -0.4 is 16.0 Å². The second kappa shape index (κ2) is 8.84. The summed E-state index contributed by atoms with van der Waals surface area (Å²) in [5.41, 5.74) is 1.60. The summed E-state index contributed by atoms with van der Waals surface area (Å²) in [5, 5.41) is 17.5. The van der Waals surface area contributed by atoms with Crippen molar-refractivity contribution in [1.82, 2.24) is 5.32 Å². The Balaban J connectivity index is 2.00. The number of nitrogens with one attached hydrogen (secondary N) is 3. The minimum atomic E-state index is -0.390. The van der Waals surface area contributed by atoms with Crippen LogP contribution in [-0.2, 0) is 0 Å². The summed E-state index contributed by atoms with van der Waals surface area (Å²) in [5.74, 6) is -0.174. The van der Waals surface area contributed by atoms with Crippen LogP contribution in [0.15, 0.2) is 54.6 Å². The number of aliphatic hydroxyl groups is 1. The lowest BCUT2D eigenvalue weighted by atomic mass is 10.0. The fourth-order valence-electron chi connectivity index (χ4n) is 2.23. The molecule has 6 nitrogen and oxygen atoms in total. The maximum Gasteiger partial charge on any atom is 0.323 e. The van der Waals surface area contributed by atoms with Gasteiger partial charge in [0.1, 0.15) is 0 Å². The number of carbonyl (C=O) groups is 2. The third-order valence-electron chi connectivity index (χ3n) is 3.73. The molecule has 2 aromatic carbocycles. The number of aliphatic hydroxyl groups excluding tert-OH is 1. The average Bonchev–Trinajstić information content (AvgIpc) is 2.60. The number of anilines is 2. The molecule has 25 heavy (non-hydrogen) atoms. The van der Waals surface area contributed by atoms with Gasteiger partial charge in [-0.3, -0.25) is 4.79 Å². The predicted molar refractivity (Wildman–Crippen MR) is 98.7 cm³/mol. The molecule has 0 fully saturated rings. The average molecular weight is 341 g/mol. The van der Waals surface area contributed by atoms with Crippen molar-refractivity contribution in [2.75, 3.05) is 17.2 Å². The number of amides is 3. The van der Waals surface area contributed by atoms with Crippen molar-refractivity contribution in [3.8, 4) is 0 Å². The normalized spacial score (nSPS) is 11.7. The Kier molecular flexibility index (Phi) is 6.54. The number of carbonyl (C=O) groups excluding carboxylic acids is 2. The number of rotatable bonds is 6. The molecule has 6 heteroatoms. The molecule has 0 unspecified atom stereocenters. The van der Waals surface area contributed by atoms with E-state index in [9.17, 15) is 14.7 Å². The lowest BCUT2D eigenvalue weighted by Gasteiger charge is -2.20. The first-order chi connectivity index (χ1) is 12.0. The molecular weight excluding hydrogens is 318 g/mol. The van der Waals surface area contributed by atoms with Crippen LogP contribution in [0.3, 0.4) is 0 Å². The standard InChI is InChI=1S/C19H23N3O3/c1-13(2)17(12-23)22-18(24)14-7-6-10-16(11-14)21-19(25)20-15-8-4-3-5-9-15/h3-11,13,17,23H,12H2,1-2H3,(H,22,24)(H2,20,21,25)/t17-/m1/s1. The lowest BCUT2D eigenvalue weighted by Crippen LogP contribution is -2.41. The van der Waals surface area contributed by atoms with E-state index in [-0.39, 0.29) is 30.5 Å². The second-order valence-electron chi connectivity index (χ2n) is 6.03. The Morgan fingerprint density at radius 3 is 2.24 bits per heavy atom. The minimum absolute atomic E-state index is 0.118. The van der Waals surface area contributed by atoms with Crippen molar-refractivity contribution in [2.24, 2.45) is 5.92 Å². The zero-order chi connectivity index (χ0) is 18.2. The zero-order valence-electron chi connectivity index (χ0n) is 14.3. The summed E-state index contributed by atoms with van der Waals surface area (Å²) in [6.07, 6.45) is 0. The molecule has 3 amide bonds. The molecule has 0 radical (unpaired) electrons. The van der Waals surface area contributed by atoms with Gasteiger partial charge in [-0.2, -0.15) is 0 Å². The molecule has 1 atom stereocenters. The second-order valence-corrected chi connectivity index (χ2v) is 6.03. The van der Waals surface area contributed by atoms with Gasteiger partial charge in [0, 0.05) is 16.9 Å². The largest absolute Gasteiger partial charge is 0.394 e. The third-order valence-corrected chi connectivity index (χ3v) is 3.73. The monoisotopic (exact) mass is 341 g/mol. The van der Waals surface area contributed by atoms with E-state index in [1.165, 1.54) is 0 Å². The highest BCUT2D eigenvalue weighted by Crippen LogP contribution is 2.13. The molecule has 0 aliphatic heterocycles. The fraction of sp³-hybridized carbons (Fsp3) is 0.263. The molecule has 2 rings (SSSR count).